The molecular weight excluding hydrogens is 268 g/mol. The lowest BCUT2D eigenvalue weighted by molar-refractivity contribution is -0.140. The van der Waals surface area contributed by atoms with Crippen molar-refractivity contribution in [2.24, 2.45) is 11.8 Å². The molecule has 0 aromatic carbocycles. The number of hydrogen-bond donors (Lipinski definition) is 2. The van der Waals surface area contributed by atoms with Crippen LogP contribution in [0, 0.1) is 11.8 Å². The predicted molar refractivity (Wildman–Crippen MR) is 74.0 cm³/mol. The highest BCUT2D eigenvalue weighted by molar-refractivity contribution is 6.21. The Hall–Kier alpha value is -0.320. The molecule has 1 aliphatic rings. The van der Waals surface area contributed by atoms with E-state index in [-0.39, 0.29) is 29.8 Å². The molecule has 0 radical (unpaired) electrons. The van der Waals surface area contributed by atoms with Gasteiger partial charge in [0.15, 0.2) is 0 Å². The SMILES string of the molecule is COC(=O)CCCCCC[C@@H]1[C@@H](CO)[C@H](O)C[C@H]1Cl. The highest BCUT2D eigenvalue weighted by Crippen LogP contribution is 2.39. The minimum absolute atomic E-state index is 0.0113. The molecule has 0 aliphatic heterocycles. The summed E-state index contributed by atoms with van der Waals surface area (Å²) in [6.07, 6.45) is 5.47. The smallest absolute Gasteiger partial charge is 0.305 e. The maximum Gasteiger partial charge on any atom is 0.305 e. The van der Waals surface area contributed by atoms with Crippen LogP contribution in [-0.4, -0.2) is 41.4 Å². The van der Waals surface area contributed by atoms with Crippen LogP contribution in [0.1, 0.15) is 44.9 Å². The quantitative estimate of drug-likeness (QED) is 0.408. The molecule has 1 fully saturated rings. The average Bonchev–Trinajstić information content (AvgIpc) is 2.67. The van der Waals surface area contributed by atoms with Gasteiger partial charge < -0.3 is 14.9 Å². The highest BCUT2D eigenvalue weighted by atomic mass is 35.5. The lowest BCUT2D eigenvalue weighted by Gasteiger charge is -2.21. The van der Waals surface area contributed by atoms with Gasteiger partial charge in [0, 0.05) is 24.3 Å². The van der Waals surface area contributed by atoms with Crippen molar-refractivity contribution >= 4 is 17.6 Å². The van der Waals surface area contributed by atoms with Crippen LogP contribution in [0.4, 0.5) is 0 Å². The Morgan fingerprint density at radius 3 is 2.58 bits per heavy atom. The first-order chi connectivity index (χ1) is 9.10. The molecule has 0 heterocycles. The zero-order valence-electron chi connectivity index (χ0n) is 11.6. The van der Waals surface area contributed by atoms with Gasteiger partial charge in [-0.3, -0.25) is 4.79 Å². The molecule has 5 heteroatoms. The number of carbonyl (C=O) groups is 1. The molecule has 0 unspecified atom stereocenters. The van der Waals surface area contributed by atoms with Crippen LogP contribution in [0.2, 0.25) is 0 Å². The van der Waals surface area contributed by atoms with Crippen LogP contribution in [0.15, 0.2) is 0 Å². The van der Waals surface area contributed by atoms with E-state index < -0.39 is 6.10 Å². The second-order valence-corrected chi connectivity index (χ2v) is 5.92. The summed E-state index contributed by atoms with van der Waals surface area (Å²) in [7, 11) is 1.41. The second kappa shape index (κ2) is 8.77. The number of rotatable bonds is 8. The number of carbonyl (C=O) groups excluding carboxylic acids is 1. The molecule has 0 aromatic heterocycles. The Labute approximate surface area is 120 Å². The molecule has 1 rings (SSSR count). The number of hydrogen-bond acceptors (Lipinski definition) is 4. The van der Waals surface area contributed by atoms with Crippen molar-refractivity contribution in [2.45, 2.75) is 56.4 Å². The largest absolute Gasteiger partial charge is 0.469 e. The number of aliphatic hydroxyl groups excluding tert-OH is 2. The predicted octanol–water partition coefficient (Wildman–Crippen LogP) is 2.10. The van der Waals surface area contributed by atoms with Crippen molar-refractivity contribution in [3.05, 3.63) is 0 Å². The average molecular weight is 293 g/mol. The standard InChI is InChI=1S/C14H25ClO4/c1-19-14(18)7-5-3-2-4-6-10-11(9-16)13(17)8-12(10)15/h10-13,16-17H,2-9H2,1H3/t10-,11-,12-,13-/m1/s1. The van der Waals surface area contributed by atoms with Gasteiger partial charge >= 0.3 is 5.97 Å². The van der Waals surface area contributed by atoms with E-state index in [1.807, 2.05) is 0 Å². The van der Waals surface area contributed by atoms with Gasteiger partial charge in [0.1, 0.15) is 0 Å². The van der Waals surface area contributed by atoms with Crippen LogP contribution < -0.4 is 0 Å². The van der Waals surface area contributed by atoms with E-state index in [0.717, 1.165) is 32.1 Å². The van der Waals surface area contributed by atoms with E-state index in [9.17, 15) is 15.0 Å². The maximum absolute atomic E-state index is 10.9. The normalized spacial score (nSPS) is 30.5. The fraction of sp³-hybridized carbons (Fsp3) is 0.929. The Balaban J connectivity index is 2.13. The van der Waals surface area contributed by atoms with Gasteiger partial charge in [0.25, 0.3) is 0 Å². The van der Waals surface area contributed by atoms with Crippen molar-refractivity contribution < 1.29 is 19.7 Å². The number of aliphatic hydroxyl groups is 2. The van der Waals surface area contributed by atoms with Crippen molar-refractivity contribution in [1.82, 2.24) is 0 Å². The number of alkyl halides is 1. The number of unbranched alkanes of at least 4 members (excludes halogenated alkanes) is 3. The van der Waals surface area contributed by atoms with Crippen LogP contribution in [0.5, 0.6) is 0 Å². The summed E-state index contributed by atoms with van der Waals surface area (Å²) in [5.74, 6) is -0.0140. The maximum atomic E-state index is 10.9. The molecule has 1 saturated carbocycles. The molecule has 0 saturated heterocycles. The van der Waals surface area contributed by atoms with E-state index in [4.69, 9.17) is 11.6 Å². The molecule has 4 nitrogen and oxygen atoms in total. The van der Waals surface area contributed by atoms with Crippen molar-refractivity contribution in [3.63, 3.8) is 0 Å². The summed E-state index contributed by atoms with van der Waals surface area (Å²) in [5.41, 5.74) is 0. The third-order valence-electron chi connectivity index (χ3n) is 4.08. The number of methoxy groups -OCH3 is 1. The topological polar surface area (TPSA) is 66.8 Å². The first kappa shape index (κ1) is 16.7. The Bertz CT molecular complexity index is 272. The second-order valence-electron chi connectivity index (χ2n) is 5.36. The fourth-order valence-corrected chi connectivity index (χ4v) is 3.39. The van der Waals surface area contributed by atoms with Gasteiger partial charge in [-0.1, -0.05) is 19.3 Å². The van der Waals surface area contributed by atoms with Crippen molar-refractivity contribution in [2.75, 3.05) is 13.7 Å². The van der Waals surface area contributed by atoms with Gasteiger partial charge in [-0.05, 0) is 25.2 Å². The molecule has 0 amide bonds. The molecule has 0 aromatic rings. The Morgan fingerprint density at radius 1 is 1.26 bits per heavy atom. The van der Waals surface area contributed by atoms with E-state index >= 15 is 0 Å². The Morgan fingerprint density at radius 2 is 1.95 bits per heavy atom. The third-order valence-corrected chi connectivity index (χ3v) is 4.58. The Kier molecular flexibility index (Phi) is 7.73. The number of halogens is 1. The van der Waals surface area contributed by atoms with Gasteiger partial charge in [-0.25, -0.2) is 0 Å². The minimum Gasteiger partial charge on any atom is -0.469 e. The molecule has 0 bridgehead atoms. The summed E-state index contributed by atoms with van der Waals surface area (Å²) in [4.78, 5) is 10.9. The summed E-state index contributed by atoms with van der Waals surface area (Å²) in [5, 5.41) is 19.0. The van der Waals surface area contributed by atoms with E-state index in [0.29, 0.717) is 12.8 Å². The van der Waals surface area contributed by atoms with Crippen LogP contribution >= 0.6 is 11.6 Å². The van der Waals surface area contributed by atoms with Crippen molar-refractivity contribution in [3.8, 4) is 0 Å². The zero-order chi connectivity index (χ0) is 14.3. The van der Waals surface area contributed by atoms with Gasteiger partial charge in [0.2, 0.25) is 0 Å². The monoisotopic (exact) mass is 292 g/mol. The van der Waals surface area contributed by atoms with Gasteiger partial charge in [-0.2, -0.15) is 0 Å². The molecule has 19 heavy (non-hydrogen) atoms. The molecule has 2 N–H and O–H groups in total. The van der Waals surface area contributed by atoms with E-state index in [1.165, 1.54) is 7.11 Å². The lowest BCUT2D eigenvalue weighted by Crippen LogP contribution is -2.24. The summed E-state index contributed by atoms with van der Waals surface area (Å²) < 4.78 is 4.58. The van der Waals surface area contributed by atoms with E-state index in [1.54, 1.807) is 0 Å². The van der Waals surface area contributed by atoms with Gasteiger partial charge in [0.05, 0.1) is 13.2 Å². The van der Waals surface area contributed by atoms with Crippen LogP contribution in [0.25, 0.3) is 0 Å². The molecule has 0 spiro atoms. The lowest BCUT2D eigenvalue weighted by atomic mass is 9.90. The first-order valence-electron chi connectivity index (χ1n) is 7.10. The first-order valence-corrected chi connectivity index (χ1v) is 7.53. The number of ether oxygens (including phenoxy) is 1. The summed E-state index contributed by atoms with van der Waals surface area (Å²) in [6.45, 7) is 0.0113. The molecule has 112 valence electrons. The van der Waals surface area contributed by atoms with Gasteiger partial charge in [-0.15, -0.1) is 11.6 Å². The summed E-state index contributed by atoms with van der Waals surface area (Å²) in [6, 6.07) is 0. The fourth-order valence-electron chi connectivity index (χ4n) is 2.89. The summed E-state index contributed by atoms with van der Waals surface area (Å²) >= 11 is 6.21. The molecule has 4 atom stereocenters. The van der Waals surface area contributed by atoms with Crippen LogP contribution in [0.3, 0.4) is 0 Å². The van der Waals surface area contributed by atoms with Crippen LogP contribution in [-0.2, 0) is 9.53 Å². The molecule has 1 aliphatic carbocycles. The zero-order valence-corrected chi connectivity index (χ0v) is 12.3. The van der Waals surface area contributed by atoms with E-state index in [2.05, 4.69) is 4.74 Å². The molecular formula is C14H25ClO4. The third kappa shape index (κ3) is 5.28. The number of esters is 1. The highest BCUT2D eigenvalue weighted by Gasteiger charge is 2.40. The van der Waals surface area contributed by atoms with Crippen molar-refractivity contribution in [1.29, 1.82) is 0 Å². The minimum atomic E-state index is -0.461.